The van der Waals surface area contributed by atoms with Gasteiger partial charge in [0.15, 0.2) is 0 Å². The Kier molecular flexibility index (Phi) is 2.51. The standard InChI is InChI=1S/C10H18N6/c1-8-4-2-3-5-9(8)15-6-11-10-12-13-14-16(10)7-15/h8-9H,2-7H2,1H3,(H,11,12,14). The average molecular weight is 222 g/mol. The molecule has 1 N–H and O–H groups in total. The molecule has 2 heterocycles. The number of hydrogen-bond donors (Lipinski definition) is 1. The van der Waals surface area contributed by atoms with Crippen LogP contribution in [0.25, 0.3) is 0 Å². The summed E-state index contributed by atoms with van der Waals surface area (Å²) in [6.07, 6.45) is 5.40. The maximum absolute atomic E-state index is 3.98. The predicted octanol–water partition coefficient (Wildman–Crippen LogP) is 0.894. The molecule has 16 heavy (non-hydrogen) atoms. The number of nitrogens with one attached hydrogen (secondary N) is 1. The smallest absolute Gasteiger partial charge is 0.245 e. The summed E-state index contributed by atoms with van der Waals surface area (Å²) in [6, 6.07) is 0.679. The van der Waals surface area contributed by atoms with Crippen LogP contribution in [0.5, 0.6) is 0 Å². The lowest BCUT2D eigenvalue weighted by Crippen LogP contribution is -2.47. The summed E-state index contributed by atoms with van der Waals surface area (Å²) in [4.78, 5) is 2.45. The molecule has 88 valence electrons. The topological polar surface area (TPSA) is 58.9 Å². The van der Waals surface area contributed by atoms with Crippen LogP contribution in [0.1, 0.15) is 32.6 Å². The summed E-state index contributed by atoms with van der Waals surface area (Å²) in [5.41, 5.74) is 0. The minimum atomic E-state index is 0.679. The number of hydrogen-bond acceptors (Lipinski definition) is 5. The number of tetrazole rings is 1. The largest absolute Gasteiger partial charge is 0.340 e. The van der Waals surface area contributed by atoms with Crippen molar-refractivity contribution in [3.05, 3.63) is 0 Å². The zero-order valence-electron chi connectivity index (χ0n) is 9.63. The fourth-order valence-electron chi connectivity index (χ4n) is 2.88. The van der Waals surface area contributed by atoms with E-state index in [2.05, 4.69) is 32.7 Å². The van der Waals surface area contributed by atoms with Gasteiger partial charge >= 0.3 is 0 Å². The Labute approximate surface area is 95.0 Å². The van der Waals surface area contributed by atoms with Crippen molar-refractivity contribution >= 4 is 5.95 Å². The van der Waals surface area contributed by atoms with E-state index in [9.17, 15) is 0 Å². The van der Waals surface area contributed by atoms with Crippen molar-refractivity contribution in [2.75, 3.05) is 12.0 Å². The van der Waals surface area contributed by atoms with Gasteiger partial charge in [-0.05, 0) is 29.2 Å². The molecule has 1 aromatic heterocycles. The maximum Gasteiger partial charge on any atom is 0.245 e. The fraction of sp³-hybridized carbons (Fsp3) is 0.900. The number of nitrogens with zero attached hydrogens (tertiary/aromatic N) is 5. The van der Waals surface area contributed by atoms with E-state index >= 15 is 0 Å². The van der Waals surface area contributed by atoms with Gasteiger partial charge in [-0.3, -0.25) is 4.90 Å². The van der Waals surface area contributed by atoms with Crippen molar-refractivity contribution in [2.24, 2.45) is 5.92 Å². The molecule has 0 spiro atoms. The molecule has 3 rings (SSSR count). The molecule has 1 aliphatic carbocycles. The minimum Gasteiger partial charge on any atom is -0.340 e. The predicted molar refractivity (Wildman–Crippen MR) is 59.6 cm³/mol. The van der Waals surface area contributed by atoms with Gasteiger partial charge in [-0.15, -0.1) is 0 Å². The summed E-state index contributed by atoms with van der Waals surface area (Å²) in [6.45, 7) is 4.05. The van der Waals surface area contributed by atoms with Gasteiger partial charge in [0.05, 0.1) is 6.67 Å². The molecule has 6 heteroatoms. The maximum atomic E-state index is 3.98. The van der Waals surface area contributed by atoms with Gasteiger partial charge in [-0.2, -0.15) is 4.68 Å². The Morgan fingerprint density at radius 3 is 3.06 bits per heavy atom. The summed E-state index contributed by atoms with van der Waals surface area (Å²) in [7, 11) is 0. The van der Waals surface area contributed by atoms with Crippen LogP contribution >= 0.6 is 0 Å². The Bertz CT molecular complexity index is 362. The third kappa shape index (κ3) is 1.67. The number of anilines is 1. The number of aromatic nitrogens is 4. The van der Waals surface area contributed by atoms with Gasteiger partial charge in [0.2, 0.25) is 5.95 Å². The van der Waals surface area contributed by atoms with Gasteiger partial charge in [0.1, 0.15) is 6.67 Å². The molecule has 1 aromatic rings. The first-order valence-corrected chi connectivity index (χ1v) is 6.08. The normalized spacial score (nSPS) is 30.8. The van der Waals surface area contributed by atoms with Gasteiger partial charge < -0.3 is 5.32 Å². The van der Waals surface area contributed by atoms with E-state index in [1.807, 2.05) is 4.68 Å². The molecule has 6 nitrogen and oxygen atoms in total. The van der Waals surface area contributed by atoms with Crippen molar-refractivity contribution in [3.63, 3.8) is 0 Å². The van der Waals surface area contributed by atoms with Crippen molar-refractivity contribution in [1.82, 2.24) is 25.1 Å². The van der Waals surface area contributed by atoms with E-state index in [1.54, 1.807) is 0 Å². The molecular formula is C10H18N6. The Morgan fingerprint density at radius 2 is 2.19 bits per heavy atom. The lowest BCUT2D eigenvalue weighted by Gasteiger charge is -2.40. The SMILES string of the molecule is CC1CCCCC1N1CNc2nnnn2C1. The Morgan fingerprint density at radius 1 is 1.31 bits per heavy atom. The van der Waals surface area contributed by atoms with Crippen LogP contribution in [-0.4, -0.2) is 37.8 Å². The first-order chi connectivity index (χ1) is 7.84. The number of fused-ring (bicyclic) bond motifs is 1. The zero-order valence-corrected chi connectivity index (χ0v) is 9.63. The molecule has 1 saturated carbocycles. The van der Waals surface area contributed by atoms with Crippen molar-refractivity contribution in [3.8, 4) is 0 Å². The first-order valence-electron chi connectivity index (χ1n) is 6.08. The summed E-state index contributed by atoms with van der Waals surface area (Å²) < 4.78 is 1.84. The van der Waals surface area contributed by atoms with Crippen molar-refractivity contribution < 1.29 is 0 Å². The van der Waals surface area contributed by atoms with Gasteiger partial charge in [0, 0.05) is 6.04 Å². The van der Waals surface area contributed by atoms with E-state index in [-0.39, 0.29) is 0 Å². The van der Waals surface area contributed by atoms with Gasteiger partial charge in [-0.1, -0.05) is 24.9 Å². The molecule has 2 aliphatic rings. The molecule has 1 aliphatic heterocycles. The van der Waals surface area contributed by atoms with E-state index in [0.29, 0.717) is 6.04 Å². The highest BCUT2D eigenvalue weighted by molar-refractivity contribution is 5.22. The Hall–Kier alpha value is -1.17. The van der Waals surface area contributed by atoms with Crippen LogP contribution in [0.3, 0.4) is 0 Å². The second kappa shape index (κ2) is 4.01. The zero-order chi connectivity index (χ0) is 11.0. The highest BCUT2D eigenvalue weighted by Gasteiger charge is 2.30. The summed E-state index contributed by atoms with van der Waals surface area (Å²) in [5.74, 6) is 1.58. The highest BCUT2D eigenvalue weighted by atomic mass is 15.6. The van der Waals surface area contributed by atoms with Crippen molar-refractivity contribution in [1.29, 1.82) is 0 Å². The van der Waals surface area contributed by atoms with E-state index in [0.717, 1.165) is 25.2 Å². The minimum absolute atomic E-state index is 0.679. The molecule has 0 aromatic carbocycles. The average Bonchev–Trinajstić information content (AvgIpc) is 2.76. The first kappa shape index (κ1) is 10.0. The lowest BCUT2D eigenvalue weighted by molar-refractivity contribution is 0.0764. The molecule has 2 unspecified atom stereocenters. The van der Waals surface area contributed by atoms with Crippen LogP contribution in [0.4, 0.5) is 5.95 Å². The van der Waals surface area contributed by atoms with E-state index in [4.69, 9.17) is 0 Å². The summed E-state index contributed by atoms with van der Waals surface area (Å²) in [5, 5.41) is 14.8. The second-order valence-electron chi connectivity index (χ2n) is 4.90. The van der Waals surface area contributed by atoms with Gasteiger partial charge in [0.25, 0.3) is 0 Å². The monoisotopic (exact) mass is 222 g/mol. The molecular weight excluding hydrogens is 204 g/mol. The van der Waals surface area contributed by atoms with E-state index in [1.165, 1.54) is 25.7 Å². The number of rotatable bonds is 1. The second-order valence-corrected chi connectivity index (χ2v) is 4.90. The highest BCUT2D eigenvalue weighted by Crippen LogP contribution is 2.29. The molecule has 0 radical (unpaired) electrons. The van der Waals surface area contributed by atoms with Crippen LogP contribution in [0.15, 0.2) is 0 Å². The quantitative estimate of drug-likeness (QED) is 0.765. The molecule has 0 saturated heterocycles. The van der Waals surface area contributed by atoms with Crippen LogP contribution in [-0.2, 0) is 6.67 Å². The van der Waals surface area contributed by atoms with Crippen LogP contribution in [0, 0.1) is 5.92 Å². The van der Waals surface area contributed by atoms with Crippen molar-refractivity contribution in [2.45, 2.75) is 45.3 Å². The molecule has 0 amide bonds. The molecule has 0 bridgehead atoms. The molecule has 1 fully saturated rings. The van der Waals surface area contributed by atoms with Crippen LogP contribution < -0.4 is 5.32 Å². The third-order valence-corrected chi connectivity index (χ3v) is 3.82. The van der Waals surface area contributed by atoms with E-state index < -0.39 is 0 Å². The third-order valence-electron chi connectivity index (χ3n) is 3.82. The summed E-state index contributed by atoms with van der Waals surface area (Å²) >= 11 is 0. The van der Waals surface area contributed by atoms with Crippen LogP contribution in [0.2, 0.25) is 0 Å². The Balaban J connectivity index is 1.72. The lowest BCUT2D eigenvalue weighted by atomic mass is 9.85. The fourth-order valence-corrected chi connectivity index (χ4v) is 2.88. The molecule has 2 atom stereocenters. The van der Waals surface area contributed by atoms with Gasteiger partial charge in [-0.25, -0.2) is 0 Å².